The van der Waals surface area contributed by atoms with E-state index in [1.165, 1.54) is 20.4 Å². The zero-order valence-corrected chi connectivity index (χ0v) is 20.0. The monoisotopic (exact) mass is 482 g/mol. The molecule has 1 amide bonds. The van der Waals surface area contributed by atoms with E-state index < -0.39 is 17.8 Å². The second kappa shape index (κ2) is 9.06. The molecule has 0 unspecified atom stereocenters. The lowest BCUT2D eigenvalue weighted by molar-refractivity contribution is 0.0601. The summed E-state index contributed by atoms with van der Waals surface area (Å²) in [6.07, 6.45) is 4.91. The van der Waals surface area contributed by atoms with Gasteiger partial charge in [-0.25, -0.2) is 19.1 Å². The van der Waals surface area contributed by atoms with Crippen LogP contribution in [0, 0.1) is 13.8 Å². The highest BCUT2D eigenvalue weighted by Gasteiger charge is 2.28. The summed E-state index contributed by atoms with van der Waals surface area (Å²) in [6.45, 7) is 6.21. The number of carbonyl (C=O) groups excluding carboxylic acids is 3. The molecule has 0 aliphatic heterocycles. The van der Waals surface area contributed by atoms with E-state index >= 15 is 0 Å². The van der Waals surface area contributed by atoms with Crippen LogP contribution in [-0.2, 0) is 16.0 Å². The predicted octanol–water partition coefficient (Wildman–Crippen LogP) is 3.12. The molecule has 0 spiro atoms. The summed E-state index contributed by atoms with van der Waals surface area (Å²) in [5, 5.41) is 11.7. The third kappa shape index (κ3) is 3.81. The molecule has 0 saturated heterocycles. The normalized spacial score (nSPS) is 11.0. The Hall–Kier alpha value is -4.06. The van der Waals surface area contributed by atoms with Crippen LogP contribution in [0.25, 0.3) is 16.9 Å². The van der Waals surface area contributed by atoms with Crippen LogP contribution >= 0.6 is 11.3 Å². The van der Waals surface area contributed by atoms with Crippen molar-refractivity contribution >= 4 is 39.8 Å². The molecule has 4 aromatic heterocycles. The third-order valence-corrected chi connectivity index (χ3v) is 6.51. The Morgan fingerprint density at radius 3 is 2.53 bits per heavy atom. The summed E-state index contributed by atoms with van der Waals surface area (Å²) in [5.74, 6) is -1.83. The number of nitrogens with zero attached hydrogens (tertiary/aromatic N) is 5. The van der Waals surface area contributed by atoms with E-state index in [-0.39, 0.29) is 21.0 Å². The first-order chi connectivity index (χ1) is 16.3. The minimum absolute atomic E-state index is 0.0916. The van der Waals surface area contributed by atoms with Gasteiger partial charge in [0.05, 0.1) is 37.4 Å². The van der Waals surface area contributed by atoms with Crippen molar-refractivity contribution in [2.45, 2.75) is 27.3 Å². The van der Waals surface area contributed by atoms with Crippen LogP contribution < -0.4 is 5.32 Å². The first kappa shape index (κ1) is 23.1. The molecule has 0 saturated carbocycles. The fourth-order valence-electron chi connectivity index (χ4n) is 3.59. The maximum absolute atomic E-state index is 13.2. The minimum atomic E-state index is -0.678. The molecular formula is C22H22N6O5S. The van der Waals surface area contributed by atoms with Gasteiger partial charge in [-0.2, -0.15) is 10.2 Å². The molecule has 11 nitrogen and oxygen atoms in total. The first-order valence-corrected chi connectivity index (χ1v) is 11.1. The van der Waals surface area contributed by atoms with Crippen molar-refractivity contribution < 1.29 is 23.9 Å². The highest BCUT2D eigenvalue weighted by molar-refractivity contribution is 7.18. The minimum Gasteiger partial charge on any atom is -0.465 e. The van der Waals surface area contributed by atoms with Gasteiger partial charge in [-0.3, -0.25) is 9.48 Å². The third-order valence-electron chi connectivity index (χ3n) is 5.33. The van der Waals surface area contributed by atoms with E-state index in [9.17, 15) is 14.4 Å². The summed E-state index contributed by atoms with van der Waals surface area (Å²) >= 11 is 0.935. The van der Waals surface area contributed by atoms with Crippen molar-refractivity contribution in [2.75, 3.05) is 19.5 Å². The zero-order valence-electron chi connectivity index (χ0n) is 19.2. The number of methoxy groups -OCH3 is 2. The van der Waals surface area contributed by atoms with Crippen LogP contribution in [0.3, 0.4) is 0 Å². The number of hydrogen-bond donors (Lipinski definition) is 1. The quantitative estimate of drug-likeness (QED) is 0.415. The summed E-state index contributed by atoms with van der Waals surface area (Å²) in [4.78, 5) is 42.2. The molecular weight excluding hydrogens is 460 g/mol. The number of rotatable bonds is 6. The summed E-state index contributed by atoms with van der Waals surface area (Å²) in [6, 6.07) is 1.80. The van der Waals surface area contributed by atoms with Crippen molar-refractivity contribution in [3.8, 4) is 11.3 Å². The van der Waals surface area contributed by atoms with Gasteiger partial charge in [0.1, 0.15) is 15.4 Å². The Balaban J connectivity index is 1.75. The molecule has 12 heteroatoms. The molecule has 176 valence electrons. The second-order valence-corrected chi connectivity index (χ2v) is 8.33. The van der Waals surface area contributed by atoms with Gasteiger partial charge < -0.3 is 14.8 Å². The number of hydrogen-bond acceptors (Lipinski definition) is 9. The molecule has 0 radical (unpaired) electrons. The van der Waals surface area contributed by atoms with Crippen molar-refractivity contribution in [3.05, 3.63) is 51.9 Å². The van der Waals surface area contributed by atoms with E-state index in [1.54, 1.807) is 23.7 Å². The average Bonchev–Trinajstić information content (AvgIpc) is 3.52. The van der Waals surface area contributed by atoms with Gasteiger partial charge in [0, 0.05) is 24.5 Å². The predicted molar refractivity (Wildman–Crippen MR) is 124 cm³/mol. The summed E-state index contributed by atoms with van der Waals surface area (Å²) < 4.78 is 13.0. The van der Waals surface area contributed by atoms with E-state index in [4.69, 9.17) is 9.47 Å². The van der Waals surface area contributed by atoms with Crippen LogP contribution in [0.5, 0.6) is 0 Å². The first-order valence-electron chi connectivity index (χ1n) is 10.3. The maximum Gasteiger partial charge on any atom is 0.348 e. The number of nitrogens with one attached hydrogen (secondary N) is 1. The number of ether oxygens (including phenoxy) is 2. The van der Waals surface area contributed by atoms with E-state index in [0.29, 0.717) is 11.2 Å². The molecule has 4 aromatic rings. The van der Waals surface area contributed by atoms with Gasteiger partial charge in [0.2, 0.25) is 0 Å². The Morgan fingerprint density at radius 2 is 1.88 bits per heavy atom. The van der Waals surface area contributed by atoms with Gasteiger partial charge >= 0.3 is 11.9 Å². The van der Waals surface area contributed by atoms with Gasteiger partial charge in [-0.05, 0) is 32.4 Å². The zero-order chi connectivity index (χ0) is 24.6. The molecule has 0 bridgehead atoms. The fraction of sp³-hybridized carbons (Fsp3) is 0.273. The van der Waals surface area contributed by atoms with Gasteiger partial charge in [0.25, 0.3) is 5.91 Å². The van der Waals surface area contributed by atoms with E-state index in [2.05, 4.69) is 20.5 Å². The molecule has 1 N–H and O–H groups in total. The topological polar surface area (TPSA) is 130 Å². The number of aryl methyl sites for hydroxylation is 2. The molecule has 4 rings (SSSR count). The molecule has 0 fully saturated rings. The van der Waals surface area contributed by atoms with Crippen molar-refractivity contribution in [1.82, 2.24) is 24.4 Å². The molecule has 0 atom stereocenters. The van der Waals surface area contributed by atoms with Gasteiger partial charge in [-0.1, -0.05) is 0 Å². The number of thiophene rings is 1. The van der Waals surface area contributed by atoms with Gasteiger partial charge in [0.15, 0.2) is 5.65 Å². The number of carbonyl (C=O) groups is 3. The maximum atomic E-state index is 13.2. The SMILES string of the molecule is CCn1cc(-c2ccnc3c(C(=O)Nc4sc(C(=O)OC)c(C)c4C(=O)OC)cnn23)c(C)n1. The molecule has 0 aromatic carbocycles. The Bertz CT molecular complexity index is 1430. The summed E-state index contributed by atoms with van der Waals surface area (Å²) in [7, 11) is 2.47. The Labute approximate surface area is 198 Å². The number of aromatic nitrogens is 5. The Morgan fingerprint density at radius 1 is 1.15 bits per heavy atom. The molecule has 0 aliphatic rings. The molecule has 4 heterocycles. The van der Waals surface area contributed by atoms with E-state index in [1.807, 2.05) is 24.7 Å². The molecule has 0 aliphatic carbocycles. The van der Waals surface area contributed by atoms with E-state index in [0.717, 1.165) is 34.8 Å². The number of anilines is 1. The van der Waals surface area contributed by atoms with Crippen LogP contribution in [0.4, 0.5) is 5.00 Å². The lowest BCUT2D eigenvalue weighted by Gasteiger charge is -2.06. The fourth-order valence-corrected chi connectivity index (χ4v) is 4.70. The Kier molecular flexibility index (Phi) is 6.16. The van der Waals surface area contributed by atoms with Crippen molar-refractivity contribution in [2.24, 2.45) is 0 Å². The summed E-state index contributed by atoms with van der Waals surface area (Å²) in [5.41, 5.74) is 3.41. The second-order valence-electron chi connectivity index (χ2n) is 7.31. The molecule has 34 heavy (non-hydrogen) atoms. The lowest BCUT2D eigenvalue weighted by Crippen LogP contribution is -2.14. The van der Waals surface area contributed by atoms with Crippen molar-refractivity contribution in [1.29, 1.82) is 0 Å². The highest BCUT2D eigenvalue weighted by atomic mass is 32.1. The number of esters is 2. The van der Waals surface area contributed by atoms with Crippen LogP contribution in [0.1, 0.15) is 48.6 Å². The standard InChI is InChI=1S/C22H22N6O5S/c1-6-27-10-14(12(3)26-27)15-7-8-23-18-13(9-24-28(15)18)19(29)25-20-16(21(30)32-4)11(2)17(34-20)22(31)33-5/h7-10H,6H2,1-5H3,(H,25,29). The van der Waals surface area contributed by atoms with Crippen LogP contribution in [0.15, 0.2) is 24.7 Å². The van der Waals surface area contributed by atoms with Gasteiger partial charge in [-0.15, -0.1) is 11.3 Å². The van der Waals surface area contributed by atoms with Crippen LogP contribution in [-0.4, -0.2) is 56.4 Å². The number of amides is 1. The lowest BCUT2D eigenvalue weighted by atomic mass is 10.1. The number of fused-ring (bicyclic) bond motifs is 1. The largest absolute Gasteiger partial charge is 0.465 e. The highest BCUT2D eigenvalue weighted by Crippen LogP contribution is 2.34. The van der Waals surface area contributed by atoms with Crippen LogP contribution in [0.2, 0.25) is 0 Å². The van der Waals surface area contributed by atoms with Crippen molar-refractivity contribution in [3.63, 3.8) is 0 Å². The average molecular weight is 483 g/mol. The smallest absolute Gasteiger partial charge is 0.348 e.